The molecule has 0 aliphatic rings. The Balaban J connectivity index is 1.63. The Labute approximate surface area is 171 Å². The molecular weight excluding hydrogens is 362 g/mol. The molecular formula is C25H25NO3. The molecule has 4 heteroatoms. The summed E-state index contributed by atoms with van der Waals surface area (Å²) in [6, 6.07) is 24.9. The van der Waals surface area contributed by atoms with E-state index in [1.165, 1.54) is 0 Å². The van der Waals surface area contributed by atoms with Crippen LogP contribution in [0.15, 0.2) is 78.9 Å². The number of rotatable bonds is 7. The van der Waals surface area contributed by atoms with E-state index in [0.717, 1.165) is 22.4 Å². The minimum Gasteiger partial charge on any atom is -0.452 e. The largest absolute Gasteiger partial charge is 0.452 e. The average molecular weight is 387 g/mol. The second-order valence-electron chi connectivity index (χ2n) is 7.19. The van der Waals surface area contributed by atoms with Crippen molar-refractivity contribution in [3.63, 3.8) is 0 Å². The Morgan fingerprint density at radius 2 is 1.52 bits per heavy atom. The first-order chi connectivity index (χ1) is 14.0. The Bertz CT molecular complexity index is 980. The highest BCUT2D eigenvalue weighted by Crippen LogP contribution is 2.23. The molecule has 0 aliphatic carbocycles. The van der Waals surface area contributed by atoms with Gasteiger partial charge in [0.05, 0.1) is 5.56 Å². The molecule has 1 amide bonds. The van der Waals surface area contributed by atoms with Crippen molar-refractivity contribution in [2.45, 2.75) is 26.2 Å². The predicted octanol–water partition coefficient (Wildman–Crippen LogP) is 5.20. The van der Waals surface area contributed by atoms with Crippen molar-refractivity contribution in [2.75, 3.05) is 11.9 Å². The van der Waals surface area contributed by atoms with Crippen LogP contribution in [0.4, 0.5) is 5.69 Å². The molecule has 0 aliphatic heterocycles. The van der Waals surface area contributed by atoms with Crippen LogP contribution in [0.1, 0.15) is 46.8 Å². The number of nitrogens with one attached hydrogen (secondary N) is 1. The Hall–Kier alpha value is -3.40. The number of para-hydroxylation sites is 1. The Kier molecular flexibility index (Phi) is 6.80. The minimum atomic E-state index is -0.496. The second-order valence-corrected chi connectivity index (χ2v) is 7.19. The molecule has 0 aromatic heterocycles. The van der Waals surface area contributed by atoms with Gasteiger partial charge in [-0.1, -0.05) is 80.6 Å². The van der Waals surface area contributed by atoms with Crippen molar-refractivity contribution in [2.24, 2.45) is 0 Å². The maximum absolute atomic E-state index is 12.6. The molecule has 3 aromatic carbocycles. The fourth-order valence-electron chi connectivity index (χ4n) is 3.20. The van der Waals surface area contributed by atoms with E-state index in [2.05, 4.69) is 19.2 Å². The van der Waals surface area contributed by atoms with Gasteiger partial charge >= 0.3 is 5.97 Å². The van der Waals surface area contributed by atoms with Crippen molar-refractivity contribution >= 4 is 17.6 Å². The van der Waals surface area contributed by atoms with Crippen LogP contribution in [0.25, 0.3) is 0 Å². The lowest BCUT2D eigenvalue weighted by atomic mass is 10.00. The van der Waals surface area contributed by atoms with E-state index in [1.54, 1.807) is 12.1 Å². The molecule has 0 fully saturated rings. The average Bonchev–Trinajstić information content (AvgIpc) is 2.73. The van der Waals surface area contributed by atoms with Gasteiger partial charge in [-0.2, -0.15) is 0 Å². The van der Waals surface area contributed by atoms with Crippen molar-refractivity contribution < 1.29 is 14.3 Å². The first kappa shape index (κ1) is 20.3. The molecule has 29 heavy (non-hydrogen) atoms. The van der Waals surface area contributed by atoms with Crippen LogP contribution in [-0.4, -0.2) is 18.5 Å². The highest BCUT2D eigenvalue weighted by molar-refractivity contribution is 5.96. The molecule has 0 atom stereocenters. The zero-order valence-electron chi connectivity index (χ0n) is 16.7. The van der Waals surface area contributed by atoms with Crippen molar-refractivity contribution in [3.8, 4) is 0 Å². The fourth-order valence-corrected chi connectivity index (χ4v) is 3.20. The highest BCUT2D eigenvalue weighted by Gasteiger charge is 2.15. The SMILES string of the molecule is CC(C)c1ccccc1NC(=O)COC(=O)c1ccccc1Cc1ccccc1. The van der Waals surface area contributed by atoms with Crippen LogP contribution in [0.2, 0.25) is 0 Å². The van der Waals surface area contributed by atoms with Gasteiger partial charge in [0, 0.05) is 5.69 Å². The fraction of sp³-hybridized carbons (Fsp3) is 0.200. The van der Waals surface area contributed by atoms with Crippen molar-refractivity contribution in [1.29, 1.82) is 0 Å². The summed E-state index contributed by atoms with van der Waals surface area (Å²) >= 11 is 0. The minimum absolute atomic E-state index is 0.277. The number of hydrogen-bond acceptors (Lipinski definition) is 3. The third-order valence-corrected chi connectivity index (χ3v) is 4.67. The van der Waals surface area contributed by atoms with E-state index in [4.69, 9.17) is 4.74 Å². The third-order valence-electron chi connectivity index (χ3n) is 4.67. The van der Waals surface area contributed by atoms with Gasteiger partial charge < -0.3 is 10.1 Å². The standard InChI is InChI=1S/C25H25NO3/c1-18(2)21-13-8-9-15-23(21)26-24(27)17-29-25(28)22-14-7-6-12-20(22)16-19-10-4-3-5-11-19/h3-15,18H,16-17H2,1-2H3,(H,26,27). The van der Waals surface area contributed by atoms with E-state index in [0.29, 0.717) is 12.0 Å². The molecule has 0 saturated carbocycles. The molecule has 1 N–H and O–H groups in total. The lowest BCUT2D eigenvalue weighted by molar-refractivity contribution is -0.119. The van der Waals surface area contributed by atoms with E-state index in [9.17, 15) is 9.59 Å². The quantitative estimate of drug-likeness (QED) is 0.567. The number of carbonyl (C=O) groups is 2. The zero-order valence-corrected chi connectivity index (χ0v) is 16.7. The summed E-state index contributed by atoms with van der Waals surface area (Å²) in [6.45, 7) is 3.80. The van der Waals surface area contributed by atoms with Gasteiger partial charge in [0.2, 0.25) is 0 Å². The molecule has 0 bridgehead atoms. The number of hydrogen-bond donors (Lipinski definition) is 1. The lowest BCUT2D eigenvalue weighted by Crippen LogP contribution is -2.22. The van der Waals surface area contributed by atoms with Crippen LogP contribution in [0.5, 0.6) is 0 Å². The summed E-state index contributed by atoms with van der Waals surface area (Å²) < 4.78 is 5.29. The Morgan fingerprint density at radius 1 is 0.862 bits per heavy atom. The number of carbonyl (C=O) groups excluding carboxylic acids is 2. The van der Waals surface area contributed by atoms with Gasteiger partial charge in [0.15, 0.2) is 6.61 Å². The van der Waals surface area contributed by atoms with E-state index < -0.39 is 5.97 Å². The van der Waals surface area contributed by atoms with Crippen LogP contribution in [-0.2, 0) is 16.0 Å². The molecule has 148 valence electrons. The van der Waals surface area contributed by atoms with Gasteiger partial charge in [0.1, 0.15) is 0 Å². The zero-order chi connectivity index (χ0) is 20.6. The third kappa shape index (κ3) is 5.55. The predicted molar refractivity (Wildman–Crippen MR) is 115 cm³/mol. The molecule has 4 nitrogen and oxygen atoms in total. The lowest BCUT2D eigenvalue weighted by Gasteiger charge is -2.14. The van der Waals surface area contributed by atoms with Crippen molar-refractivity contribution in [1.82, 2.24) is 0 Å². The van der Waals surface area contributed by atoms with Gasteiger partial charge in [-0.15, -0.1) is 0 Å². The van der Waals surface area contributed by atoms with Gasteiger partial charge in [-0.25, -0.2) is 4.79 Å². The number of esters is 1. The molecule has 0 spiro atoms. The summed E-state index contributed by atoms with van der Waals surface area (Å²) in [5.74, 6) is -0.574. The maximum atomic E-state index is 12.6. The van der Waals surface area contributed by atoms with E-state index in [-0.39, 0.29) is 18.4 Å². The normalized spacial score (nSPS) is 10.6. The molecule has 0 heterocycles. The van der Waals surface area contributed by atoms with Gasteiger partial charge in [-0.05, 0) is 41.2 Å². The van der Waals surface area contributed by atoms with E-state index >= 15 is 0 Å². The van der Waals surface area contributed by atoms with E-state index in [1.807, 2.05) is 66.7 Å². The first-order valence-electron chi connectivity index (χ1n) is 9.72. The first-order valence-corrected chi connectivity index (χ1v) is 9.72. The number of anilines is 1. The number of amides is 1. The summed E-state index contributed by atoms with van der Waals surface area (Å²) in [4.78, 5) is 24.9. The van der Waals surface area contributed by atoms with Crippen LogP contribution in [0.3, 0.4) is 0 Å². The molecule has 3 aromatic rings. The van der Waals surface area contributed by atoms with Crippen LogP contribution in [0, 0.1) is 0 Å². The van der Waals surface area contributed by atoms with Gasteiger partial charge in [0.25, 0.3) is 5.91 Å². The summed E-state index contributed by atoms with van der Waals surface area (Å²) in [6.07, 6.45) is 0.625. The van der Waals surface area contributed by atoms with Crippen molar-refractivity contribution in [3.05, 3.63) is 101 Å². The van der Waals surface area contributed by atoms with Gasteiger partial charge in [-0.3, -0.25) is 4.79 Å². The number of ether oxygens (including phenoxy) is 1. The summed E-state index contributed by atoms with van der Waals surface area (Å²) in [5, 5.41) is 2.84. The molecule has 3 rings (SSSR count). The summed E-state index contributed by atoms with van der Waals surface area (Å²) in [5.41, 5.74) is 4.24. The monoisotopic (exact) mass is 387 g/mol. The molecule has 0 radical (unpaired) electrons. The molecule has 0 saturated heterocycles. The van der Waals surface area contributed by atoms with Crippen LogP contribution >= 0.6 is 0 Å². The maximum Gasteiger partial charge on any atom is 0.338 e. The summed E-state index contributed by atoms with van der Waals surface area (Å²) in [7, 11) is 0. The second kappa shape index (κ2) is 9.69. The Morgan fingerprint density at radius 3 is 2.28 bits per heavy atom. The number of benzene rings is 3. The molecule has 0 unspecified atom stereocenters. The van der Waals surface area contributed by atoms with Crippen LogP contribution < -0.4 is 5.32 Å². The topological polar surface area (TPSA) is 55.4 Å². The smallest absolute Gasteiger partial charge is 0.338 e. The highest BCUT2D eigenvalue weighted by atomic mass is 16.5.